The van der Waals surface area contributed by atoms with Crippen LogP contribution in [0, 0.1) is 5.92 Å². The lowest BCUT2D eigenvalue weighted by Gasteiger charge is -2.37. The first kappa shape index (κ1) is 29.3. The summed E-state index contributed by atoms with van der Waals surface area (Å²) >= 11 is 0. The van der Waals surface area contributed by atoms with Gasteiger partial charge < -0.3 is 25.9 Å². The van der Waals surface area contributed by atoms with Crippen LogP contribution >= 0.6 is 0 Å². The van der Waals surface area contributed by atoms with Crippen molar-refractivity contribution in [3.63, 3.8) is 0 Å². The van der Waals surface area contributed by atoms with Crippen molar-refractivity contribution in [2.75, 3.05) is 6.54 Å². The average molecular weight is 528 g/mol. The minimum atomic E-state index is -1.25. The number of nitrogens with two attached hydrogens (primary N) is 1. The number of imidazole rings is 1. The molecule has 2 aromatic rings. The molecule has 208 valence electrons. The van der Waals surface area contributed by atoms with Gasteiger partial charge in [-0.15, -0.1) is 0 Å². The predicted octanol–water partition coefficient (Wildman–Crippen LogP) is 3.23. The lowest BCUT2D eigenvalue weighted by Crippen LogP contribution is -2.58. The largest absolute Gasteiger partial charge is 0.444 e. The van der Waals surface area contributed by atoms with Crippen LogP contribution in [0.5, 0.6) is 0 Å². The zero-order chi connectivity index (χ0) is 27.7. The maximum atomic E-state index is 14.1. The van der Waals surface area contributed by atoms with Crippen LogP contribution in [0.25, 0.3) is 0 Å². The molecule has 10 heteroatoms. The number of aliphatic hydroxyl groups excluding tert-OH is 1. The minimum Gasteiger partial charge on any atom is -0.444 e. The van der Waals surface area contributed by atoms with Gasteiger partial charge in [-0.05, 0) is 38.7 Å². The monoisotopic (exact) mass is 527 g/mol. The number of rotatable bonds is 10. The van der Waals surface area contributed by atoms with E-state index in [1.54, 1.807) is 27.0 Å². The number of imide groups is 1. The van der Waals surface area contributed by atoms with Gasteiger partial charge in [0.05, 0.1) is 12.6 Å². The number of carbonyl (C=O) groups excluding carboxylic acids is 3. The molecule has 10 nitrogen and oxygen atoms in total. The minimum absolute atomic E-state index is 0.125. The van der Waals surface area contributed by atoms with Gasteiger partial charge in [-0.2, -0.15) is 0 Å². The third-order valence-corrected chi connectivity index (χ3v) is 6.75. The molecule has 0 unspecified atom stereocenters. The van der Waals surface area contributed by atoms with E-state index >= 15 is 0 Å². The van der Waals surface area contributed by atoms with Crippen LogP contribution < -0.4 is 11.1 Å². The molecular weight excluding hydrogens is 486 g/mol. The van der Waals surface area contributed by atoms with Crippen LogP contribution in [-0.2, 0) is 20.7 Å². The molecule has 1 aliphatic rings. The number of nitrogens with one attached hydrogen (secondary N) is 2. The Hall–Kier alpha value is -3.24. The van der Waals surface area contributed by atoms with E-state index < -0.39 is 48.2 Å². The van der Waals surface area contributed by atoms with Gasteiger partial charge in [0.2, 0.25) is 5.91 Å². The zero-order valence-corrected chi connectivity index (χ0v) is 22.6. The van der Waals surface area contributed by atoms with Crippen molar-refractivity contribution < 1.29 is 24.2 Å². The zero-order valence-electron chi connectivity index (χ0n) is 22.6. The summed E-state index contributed by atoms with van der Waals surface area (Å²) in [4.78, 5) is 48.3. The smallest absolute Gasteiger partial charge is 0.408 e. The van der Waals surface area contributed by atoms with Crippen molar-refractivity contribution in [2.45, 2.75) is 89.5 Å². The highest BCUT2D eigenvalue weighted by Crippen LogP contribution is 2.33. The van der Waals surface area contributed by atoms with Gasteiger partial charge in [0, 0.05) is 18.8 Å². The molecule has 1 aliphatic carbocycles. The van der Waals surface area contributed by atoms with Gasteiger partial charge in [-0.1, -0.05) is 62.4 Å². The molecule has 3 rings (SSSR count). The molecular formula is C28H41N5O5. The van der Waals surface area contributed by atoms with E-state index in [1.807, 2.05) is 30.3 Å². The number of aromatic nitrogens is 2. The summed E-state index contributed by atoms with van der Waals surface area (Å²) in [5.41, 5.74) is 5.78. The second-order valence-corrected chi connectivity index (χ2v) is 10.9. The van der Waals surface area contributed by atoms with E-state index in [4.69, 9.17) is 10.5 Å². The summed E-state index contributed by atoms with van der Waals surface area (Å²) in [5, 5.41) is 14.0. The highest BCUT2D eigenvalue weighted by molar-refractivity contribution is 6.00. The third kappa shape index (κ3) is 8.39. The first-order chi connectivity index (χ1) is 18.1. The van der Waals surface area contributed by atoms with Crippen molar-refractivity contribution in [1.82, 2.24) is 20.2 Å². The van der Waals surface area contributed by atoms with E-state index in [0.29, 0.717) is 6.42 Å². The molecule has 0 radical (unpaired) electrons. The number of hydrogen-bond acceptors (Lipinski definition) is 7. The molecule has 0 saturated heterocycles. The highest BCUT2D eigenvalue weighted by Gasteiger charge is 2.41. The van der Waals surface area contributed by atoms with E-state index in [0.717, 1.165) is 42.6 Å². The molecule has 1 saturated carbocycles. The molecule has 1 heterocycles. The fourth-order valence-corrected chi connectivity index (χ4v) is 5.00. The summed E-state index contributed by atoms with van der Waals surface area (Å²) in [5.74, 6) is -0.800. The number of alkyl carbamates (subject to hydrolysis) is 1. The Labute approximate surface area is 224 Å². The van der Waals surface area contributed by atoms with Crippen molar-refractivity contribution in [1.29, 1.82) is 0 Å². The molecule has 0 spiro atoms. The topological polar surface area (TPSA) is 151 Å². The van der Waals surface area contributed by atoms with Gasteiger partial charge in [0.25, 0.3) is 5.91 Å². The van der Waals surface area contributed by atoms with Gasteiger partial charge >= 0.3 is 6.09 Å². The second kappa shape index (κ2) is 13.5. The quantitative estimate of drug-likeness (QED) is 0.370. The van der Waals surface area contributed by atoms with E-state index in [-0.39, 0.29) is 18.2 Å². The number of aromatic amines is 1. The maximum Gasteiger partial charge on any atom is 0.408 e. The summed E-state index contributed by atoms with van der Waals surface area (Å²) in [6.07, 6.45) is 6.76. The number of ether oxygens (including phenoxy) is 1. The Bertz CT molecular complexity index is 1030. The molecule has 1 fully saturated rings. The first-order valence-electron chi connectivity index (χ1n) is 13.4. The van der Waals surface area contributed by atoms with Crippen molar-refractivity contribution in [3.05, 3.63) is 54.1 Å². The summed E-state index contributed by atoms with van der Waals surface area (Å²) < 4.78 is 5.42. The van der Waals surface area contributed by atoms with Crippen LogP contribution in [0.1, 0.15) is 76.8 Å². The number of nitrogens with zero attached hydrogens (tertiary/aromatic N) is 2. The van der Waals surface area contributed by atoms with Crippen molar-refractivity contribution in [3.8, 4) is 0 Å². The van der Waals surface area contributed by atoms with E-state index in [1.165, 1.54) is 6.20 Å². The van der Waals surface area contributed by atoms with Gasteiger partial charge in [0.15, 0.2) is 0 Å². The van der Waals surface area contributed by atoms with Crippen LogP contribution in [0.3, 0.4) is 0 Å². The average Bonchev–Trinajstić information content (AvgIpc) is 3.42. The molecule has 38 heavy (non-hydrogen) atoms. The molecule has 3 amide bonds. The number of H-pyrrole nitrogens is 1. The Morgan fingerprint density at radius 2 is 1.87 bits per heavy atom. The van der Waals surface area contributed by atoms with E-state index in [2.05, 4.69) is 15.3 Å². The maximum absolute atomic E-state index is 14.1. The number of aliphatic hydroxyl groups is 1. The SMILES string of the molecule is CC(C)(C)OC(=O)N[C@@H](Cc1ccccc1)C(=O)N(C(=O)CN)[C@@H](CC1CCCCC1)[C@@H](O)c1ncc[nH]1. The molecule has 1 aromatic carbocycles. The fourth-order valence-electron chi connectivity index (χ4n) is 5.00. The Balaban J connectivity index is 1.97. The van der Waals surface area contributed by atoms with Gasteiger partial charge in [-0.25, -0.2) is 9.78 Å². The molecule has 0 bridgehead atoms. The lowest BCUT2D eigenvalue weighted by atomic mass is 9.83. The van der Waals surface area contributed by atoms with Crippen LogP contribution in [-0.4, -0.2) is 62.1 Å². The molecule has 5 N–H and O–H groups in total. The number of benzene rings is 1. The standard InChI is InChI=1S/C28H41N5O5/c1-28(2,3)38-27(37)32-21(16-19-10-6-4-7-11-19)26(36)33(23(34)18-29)22(17-20-12-8-5-9-13-20)24(35)25-30-14-15-31-25/h4,6-7,10-11,14-15,20-22,24,35H,5,8-9,12-13,16-18,29H2,1-3H3,(H,30,31)(H,32,37)/t21-,22-,24+/m0/s1. The summed E-state index contributed by atoms with van der Waals surface area (Å²) in [6, 6.07) is 7.16. The number of hydrogen-bond donors (Lipinski definition) is 4. The van der Waals surface area contributed by atoms with Crippen molar-refractivity contribution in [2.24, 2.45) is 11.7 Å². The van der Waals surface area contributed by atoms with Gasteiger partial charge in [0.1, 0.15) is 23.6 Å². The Morgan fingerprint density at radius 1 is 1.18 bits per heavy atom. The van der Waals surface area contributed by atoms with E-state index in [9.17, 15) is 19.5 Å². The molecule has 0 aliphatic heterocycles. The van der Waals surface area contributed by atoms with Gasteiger partial charge in [-0.3, -0.25) is 14.5 Å². The number of carbonyl (C=O) groups is 3. The Morgan fingerprint density at radius 3 is 2.45 bits per heavy atom. The lowest BCUT2D eigenvalue weighted by molar-refractivity contribution is -0.152. The predicted molar refractivity (Wildman–Crippen MR) is 143 cm³/mol. The normalized spacial score (nSPS) is 16.8. The number of amides is 3. The van der Waals surface area contributed by atoms with Crippen LogP contribution in [0.15, 0.2) is 42.7 Å². The summed E-state index contributed by atoms with van der Waals surface area (Å²) in [6.45, 7) is 4.75. The first-order valence-corrected chi connectivity index (χ1v) is 13.4. The Kier molecular flexibility index (Phi) is 10.4. The van der Waals surface area contributed by atoms with Crippen LogP contribution in [0.2, 0.25) is 0 Å². The summed E-state index contributed by atoms with van der Waals surface area (Å²) in [7, 11) is 0. The van der Waals surface area contributed by atoms with Crippen LogP contribution in [0.4, 0.5) is 4.79 Å². The highest BCUT2D eigenvalue weighted by atomic mass is 16.6. The third-order valence-electron chi connectivity index (χ3n) is 6.75. The van der Waals surface area contributed by atoms with Crippen molar-refractivity contribution >= 4 is 17.9 Å². The fraction of sp³-hybridized carbons (Fsp3) is 0.571. The molecule has 1 aromatic heterocycles. The molecule has 3 atom stereocenters. The second-order valence-electron chi connectivity index (χ2n) is 10.9.